The van der Waals surface area contributed by atoms with E-state index >= 15 is 0 Å². The molecule has 1 fully saturated rings. The summed E-state index contributed by atoms with van der Waals surface area (Å²) in [6.45, 7) is 0.232. The number of nitrogens with zero attached hydrogens (tertiary/aromatic N) is 3. The zero-order valence-electron chi connectivity index (χ0n) is 10.2. The zero-order chi connectivity index (χ0) is 14.0. The van der Waals surface area contributed by atoms with E-state index < -0.39 is 5.97 Å². The molecule has 1 aromatic rings. The Labute approximate surface area is 117 Å². The van der Waals surface area contributed by atoms with Gasteiger partial charge in [0, 0.05) is 25.5 Å². The molecule has 102 valence electrons. The summed E-state index contributed by atoms with van der Waals surface area (Å²) in [6, 6.07) is 0. The first-order valence-electron chi connectivity index (χ1n) is 5.59. The molecular formula is C11H12BrN3O4. The van der Waals surface area contributed by atoms with Gasteiger partial charge in [0.1, 0.15) is 4.60 Å². The Morgan fingerprint density at radius 3 is 3.00 bits per heavy atom. The summed E-state index contributed by atoms with van der Waals surface area (Å²) in [5.41, 5.74) is -0.0242. The van der Waals surface area contributed by atoms with E-state index in [2.05, 4.69) is 30.6 Å². The van der Waals surface area contributed by atoms with E-state index in [0.717, 1.165) is 0 Å². The van der Waals surface area contributed by atoms with Crippen LogP contribution in [-0.2, 0) is 9.53 Å². The summed E-state index contributed by atoms with van der Waals surface area (Å²) < 4.78 is 5.01. The first kappa shape index (κ1) is 13.9. The third-order valence-corrected chi connectivity index (χ3v) is 3.20. The van der Waals surface area contributed by atoms with Gasteiger partial charge < -0.3 is 9.84 Å². The minimum Gasteiger partial charge on any atom is -0.464 e. The number of anilines is 1. The van der Waals surface area contributed by atoms with Gasteiger partial charge in [0.25, 0.3) is 0 Å². The molecule has 0 bridgehead atoms. The first-order chi connectivity index (χ1) is 9.06. The lowest BCUT2D eigenvalue weighted by molar-refractivity contribution is -0.117. The Bertz CT molecular complexity index is 523. The van der Waals surface area contributed by atoms with Crippen molar-refractivity contribution >= 4 is 33.6 Å². The molecule has 7 nitrogen and oxygen atoms in total. The second kappa shape index (κ2) is 5.62. The van der Waals surface area contributed by atoms with Crippen LogP contribution >= 0.6 is 15.9 Å². The maximum atomic E-state index is 11.9. The highest BCUT2D eigenvalue weighted by Crippen LogP contribution is 2.26. The molecule has 0 radical (unpaired) electrons. The van der Waals surface area contributed by atoms with Gasteiger partial charge in [0.05, 0.1) is 13.3 Å². The number of aromatic nitrogens is 2. The molecule has 1 aromatic heterocycles. The quantitative estimate of drug-likeness (QED) is 0.805. The largest absolute Gasteiger partial charge is 0.464 e. The minimum atomic E-state index is -0.663. The molecule has 1 amide bonds. The Balaban J connectivity index is 2.39. The van der Waals surface area contributed by atoms with Crippen molar-refractivity contribution in [2.24, 2.45) is 5.92 Å². The predicted octanol–water partition coefficient (Wildman–Crippen LogP) is 0.371. The highest BCUT2D eigenvalue weighted by Gasteiger charge is 2.34. The molecular weight excluding hydrogens is 318 g/mol. The van der Waals surface area contributed by atoms with E-state index in [0.29, 0.717) is 11.1 Å². The second-order valence-corrected chi connectivity index (χ2v) is 4.93. The minimum absolute atomic E-state index is 0.0242. The van der Waals surface area contributed by atoms with Crippen LogP contribution < -0.4 is 4.90 Å². The van der Waals surface area contributed by atoms with E-state index in [1.54, 1.807) is 0 Å². The van der Waals surface area contributed by atoms with Crippen LogP contribution in [0.1, 0.15) is 16.9 Å². The van der Waals surface area contributed by atoms with Crippen LogP contribution in [0.4, 0.5) is 5.82 Å². The van der Waals surface area contributed by atoms with Crippen molar-refractivity contribution in [3.05, 3.63) is 16.5 Å². The number of carbonyl (C=O) groups is 2. The molecule has 1 unspecified atom stereocenters. The fourth-order valence-electron chi connectivity index (χ4n) is 1.90. The normalized spacial score (nSPS) is 18.8. The number of halogens is 1. The SMILES string of the molecule is COC(=O)c1nc(Br)cnc1N1CC(CO)CC1=O. The fraction of sp³-hybridized carbons (Fsp3) is 0.455. The summed E-state index contributed by atoms with van der Waals surface area (Å²) in [6.07, 6.45) is 1.64. The van der Waals surface area contributed by atoms with E-state index in [9.17, 15) is 9.59 Å². The van der Waals surface area contributed by atoms with E-state index in [1.165, 1.54) is 18.2 Å². The maximum Gasteiger partial charge on any atom is 0.360 e. The van der Waals surface area contributed by atoms with E-state index in [4.69, 9.17) is 5.11 Å². The van der Waals surface area contributed by atoms with Gasteiger partial charge >= 0.3 is 5.97 Å². The average molecular weight is 330 g/mol. The average Bonchev–Trinajstić information content (AvgIpc) is 2.79. The van der Waals surface area contributed by atoms with Gasteiger partial charge in [-0.05, 0) is 15.9 Å². The van der Waals surface area contributed by atoms with Crippen molar-refractivity contribution in [3.8, 4) is 0 Å². The van der Waals surface area contributed by atoms with Crippen molar-refractivity contribution in [2.75, 3.05) is 25.2 Å². The number of hydrogen-bond donors (Lipinski definition) is 1. The molecule has 8 heteroatoms. The first-order valence-corrected chi connectivity index (χ1v) is 6.38. The van der Waals surface area contributed by atoms with Gasteiger partial charge in [0.2, 0.25) is 5.91 Å². The Morgan fingerprint density at radius 2 is 2.42 bits per heavy atom. The molecule has 2 heterocycles. The van der Waals surface area contributed by atoms with Gasteiger partial charge in [-0.15, -0.1) is 0 Å². The lowest BCUT2D eigenvalue weighted by atomic mass is 10.1. The maximum absolute atomic E-state index is 11.9. The second-order valence-electron chi connectivity index (χ2n) is 4.11. The summed E-state index contributed by atoms with van der Waals surface area (Å²) in [4.78, 5) is 33.0. The van der Waals surface area contributed by atoms with Gasteiger partial charge in [0.15, 0.2) is 11.5 Å². The number of amides is 1. The van der Waals surface area contributed by atoms with Crippen LogP contribution in [0.2, 0.25) is 0 Å². The van der Waals surface area contributed by atoms with Crippen molar-refractivity contribution in [1.29, 1.82) is 0 Å². The van der Waals surface area contributed by atoms with Crippen LogP contribution in [0.3, 0.4) is 0 Å². The van der Waals surface area contributed by atoms with Crippen molar-refractivity contribution in [3.63, 3.8) is 0 Å². The number of aliphatic hydroxyl groups is 1. The number of ether oxygens (including phenoxy) is 1. The van der Waals surface area contributed by atoms with Crippen LogP contribution in [-0.4, -0.2) is 47.2 Å². The molecule has 19 heavy (non-hydrogen) atoms. The molecule has 0 saturated carbocycles. The molecule has 1 aliphatic rings. The van der Waals surface area contributed by atoms with Crippen LogP contribution in [0.15, 0.2) is 10.8 Å². The van der Waals surface area contributed by atoms with Gasteiger partial charge in [-0.3, -0.25) is 9.69 Å². The predicted molar refractivity (Wildman–Crippen MR) is 68.6 cm³/mol. The summed E-state index contributed by atoms with van der Waals surface area (Å²) in [5, 5.41) is 9.10. The van der Waals surface area contributed by atoms with Crippen LogP contribution in [0.25, 0.3) is 0 Å². The van der Waals surface area contributed by atoms with Gasteiger partial charge in [-0.1, -0.05) is 0 Å². The number of aliphatic hydroxyl groups excluding tert-OH is 1. The van der Waals surface area contributed by atoms with Crippen LogP contribution in [0, 0.1) is 5.92 Å². The number of rotatable bonds is 3. The highest BCUT2D eigenvalue weighted by atomic mass is 79.9. The van der Waals surface area contributed by atoms with Gasteiger partial charge in [-0.25, -0.2) is 14.8 Å². The third kappa shape index (κ3) is 2.74. The molecule has 0 aliphatic carbocycles. The molecule has 0 spiro atoms. The van der Waals surface area contributed by atoms with E-state index in [1.807, 2.05) is 0 Å². The standard InChI is InChI=1S/C11H12BrN3O4/c1-19-11(18)9-10(13-3-7(12)14-9)15-4-6(5-16)2-8(15)17/h3,6,16H,2,4-5H2,1H3. The molecule has 1 saturated heterocycles. The summed E-state index contributed by atoms with van der Waals surface area (Å²) >= 11 is 3.12. The van der Waals surface area contributed by atoms with Crippen LogP contribution in [0.5, 0.6) is 0 Å². The Hall–Kier alpha value is -1.54. The summed E-state index contributed by atoms with van der Waals surface area (Å²) in [7, 11) is 1.23. The summed E-state index contributed by atoms with van der Waals surface area (Å²) in [5.74, 6) is -0.843. The number of carbonyl (C=O) groups excluding carboxylic acids is 2. The molecule has 1 N–H and O–H groups in total. The zero-order valence-corrected chi connectivity index (χ0v) is 11.8. The Morgan fingerprint density at radius 1 is 1.68 bits per heavy atom. The number of methoxy groups -OCH3 is 1. The molecule has 1 atom stereocenters. The van der Waals surface area contributed by atoms with Crippen molar-refractivity contribution in [1.82, 2.24) is 9.97 Å². The molecule has 1 aliphatic heterocycles. The monoisotopic (exact) mass is 329 g/mol. The smallest absolute Gasteiger partial charge is 0.360 e. The Kier molecular flexibility index (Phi) is 4.11. The van der Waals surface area contributed by atoms with Crippen molar-refractivity contribution in [2.45, 2.75) is 6.42 Å². The lowest BCUT2D eigenvalue weighted by Crippen LogP contribution is -2.28. The van der Waals surface area contributed by atoms with Crippen molar-refractivity contribution < 1.29 is 19.4 Å². The number of hydrogen-bond acceptors (Lipinski definition) is 6. The number of esters is 1. The fourth-order valence-corrected chi connectivity index (χ4v) is 2.18. The lowest BCUT2D eigenvalue weighted by Gasteiger charge is -2.17. The van der Waals surface area contributed by atoms with Gasteiger partial charge in [-0.2, -0.15) is 0 Å². The third-order valence-electron chi connectivity index (χ3n) is 2.82. The topological polar surface area (TPSA) is 92.6 Å². The molecule has 0 aromatic carbocycles. The highest BCUT2D eigenvalue weighted by molar-refractivity contribution is 9.10. The molecule has 2 rings (SSSR count). The van der Waals surface area contributed by atoms with E-state index in [-0.39, 0.29) is 36.4 Å².